The molecule has 0 aromatic rings. The maximum atomic E-state index is 9.22. The van der Waals surface area contributed by atoms with E-state index in [2.05, 4.69) is 26.1 Å². The van der Waals surface area contributed by atoms with Crippen LogP contribution in [0.5, 0.6) is 0 Å². The average molecular weight is 227 g/mol. The van der Waals surface area contributed by atoms with Gasteiger partial charge in [-0.2, -0.15) is 0 Å². The summed E-state index contributed by atoms with van der Waals surface area (Å²) in [5.41, 5.74) is 0.262. The summed E-state index contributed by atoms with van der Waals surface area (Å²) in [4.78, 5) is 0. The molecular weight excluding hydrogens is 202 g/mol. The maximum absolute atomic E-state index is 9.22. The summed E-state index contributed by atoms with van der Waals surface area (Å²) in [5.74, 6) is 0.692. The van der Waals surface area contributed by atoms with Gasteiger partial charge in [-0.15, -0.1) is 0 Å². The van der Waals surface area contributed by atoms with Crippen molar-refractivity contribution in [1.29, 1.82) is 0 Å². The molecule has 0 aromatic carbocycles. The van der Waals surface area contributed by atoms with Crippen molar-refractivity contribution in [3.63, 3.8) is 0 Å². The molecule has 3 nitrogen and oxygen atoms in total. The summed E-state index contributed by atoms with van der Waals surface area (Å²) in [5, 5.41) is 12.9. The molecule has 2 aliphatic rings. The van der Waals surface area contributed by atoms with Crippen LogP contribution in [0.3, 0.4) is 0 Å². The van der Waals surface area contributed by atoms with Gasteiger partial charge in [0.2, 0.25) is 0 Å². The van der Waals surface area contributed by atoms with Crippen LogP contribution in [-0.4, -0.2) is 36.5 Å². The van der Waals surface area contributed by atoms with Crippen molar-refractivity contribution in [3.05, 3.63) is 0 Å². The summed E-state index contributed by atoms with van der Waals surface area (Å²) in [6.07, 6.45) is 3.49. The molecule has 2 fully saturated rings. The molecule has 2 atom stereocenters. The fraction of sp³-hybridized carbons (Fsp3) is 1.00. The second-order valence-electron chi connectivity index (χ2n) is 5.95. The Labute approximate surface area is 98.6 Å². The highest BCUT2D eigenvalue weighted by Crippen LogP contribution is 2.43. The number of rotatable bonds is 5. The largest absolute Gasteiger partial charge is 0.393 e. The Morgan fingerprint density at radius 3 is 2.50 bits per heavy atom. The molecule has 2 rings (SSSR count). The Hall–Kier alpha value is -0.120. The van der Waals surface area contributed by atoms with Gasteiger partial charge in [0.1, 0.15) is 0 Å². The number of hydrogen-bond acceptors (Lipinski definition) is 3. The molecular formula is C13H25NO2. The lowest BCUT2D eigenvalue weighted by Crippen LogP contribution is -2.61. The van der Waals surface area contributed by atoms with Crippen molar-refractivity contribution >= 4 is 0 Å². The highest BCUT2D eigenvalue weighted by Gasteiger charge is 2.48. The topological polar surface area (TPSA) is 41.5 Å². The molecule has 2 N–H and O–H groups in total. The monoisotopic (exact) mass is 227 g/mol. The molecule has 2 aliphatic carbocycles. The molecule has 94 valence electrons. The van der Waals surface area contributed by atoms with Crippen LogP contribution in [0.4, 0.5) is 0 Å². The quantitative estimate of drug-likeness (QED) is 0.749. The fourth-order valence-electron chi connectivity index (χ4n) is 2.89. The van der Waals surface area contributed by atoms with Gasteiger partial charge in [-0.25, -0.2) is 0 Å². The van der Waals surface area contributed by atoms with Gasteiger partial charge in [0.25, 0.3) is 0 Å². The summed E-state index contributed by atoms with van der Waals surface area (Å²) >= 11 is 0. The normalized spacial score (nSPS) is 41.2. The van der Waals surface area contributed by atoms with E-state index < -0.39 is 0 Å². The Bertz CT molecular complexity index is 236. The SMILES string of the molecule is CCOC1CC(NCC2CC(O)C2)C1(C)C. The van der Waals surface area contributed by atoms with Gasteiger partial charge in [0.15, 0.2) is 0 Å². The number of ether oxygens (including phenoxy) is 1. The maximum Gasteiger partial charge on any atom is 0.0655 e. The lowest BCUT2D eigenvalue weighted by atomic mass is 9.64. The van der Waals surface area contributed by atoms with E-state index in [4.69, 9.17) is 4.74 Å². The van der Waals surface area contributed by atoms with Crippen LogP contribution in [0.2, 0.25) is 0 Å². The molecule has 0 aliphatic heterocycles. The number of hydrogen-bond donors (Lipinski definition) is 2. The predicted octanol–water partition coefficient (Wildman–Crippen LogP) is 1.55. The average Bonchev–Trinajstić information content (AvgIpc) is 2.19. The first-order valence-electron chi connectivity index (χ1n) is 6.57. The third-order valence-corrected chi connectivity index (χ3v) is 4.41. The van der Waals surface area contributed by atoms with Gasteiger partial charge in [-0.3, -0.25) is 0 Å². The third-order valence-electron chi connectivity index (χ3n) is 4.41. The second kappa shape index (κ2) is 4.63. The van der Waals surface area contributed by atoms with Gasteiger partial charge in [0, 0.05) is 18.1 Å². The zero-order valence-electron chi connectivity index (χ0n) is 10.7. The molecule has 2 saturated carbocycles. The van der Waals surface area contributed by atoms with Crippen molar-refractivity contribution in [1.82, 2.24) is 5.32 Å². The molecule has 0 heterocycles. The first kappa shape index (κ1) is 12.3. The van der Waals surface area contributed by atoms with Gasteiger partial charge < -0.3 is 15.2 Å². The van der Waals surface area contributed by atoms with Crippen molar-refractivity contribution in [2.24, 2.45) is 11.3 Å². The predicted molar refractivity (Wildman–Crippen MR) is 64.3 cm³/mol. The first-order chi connectivity index (χ1) is 7.54. The molecule has 0 saturated heterocycles. The highest BCUT2D eigenvalue weighted by molar-refractivity contribution is 5.03. The standard InChI is InChI=1S/C13H25NO2/c1-4-16-12-7-11(13(12,2)3)14-8-9-5-10(15)6-9/h9-12,14-15H,4-8H2,1-3H3. The Morgan fingerprint density at radius 2 is 2.00 bits per heavy atom. The Kier molecular flexibility index (Phi) is 3.57. The lowest BCUT2D eigenvalue weighted by molar-refractivity contribution is -0.116. The number of aliphatic hydroxyl groups excluding tert-OH is 1. The highest BCUT2D eigenvalue weighted by atomic mass is 16.5. The van der Waals surface area contributed by atoms with Crippen molar-refractivity contribution in [2.75, 3.05) is 13.2 Å². The van der Waals surface area contributed by atoms with E-state index in [1.807, 2.05) is 0 Å². The minimum Gasteiger partial charge on any atom is -0.393 e. The van der Waals surface area contributed by atoms with E-state index in [1.54, 1.807) is 0 Å². The minimum absolute atomic E-state index is 0.0302. The smallest absolute Gasteiger partial charge is 0.0655 e. The zero-order valence-corrected chi connectivity index (χ0v) is 10.7. The molecule has 0 bridgehead atoms. The van der Waals surface area contributed by atoms with E-state index in [0.717, 1.165) is 32.4 Å². The van der Waals surface area contributed by atoms with Crippen LogP contribution in [0.1, 0.15) is 40.0 Å². The van der Waals surface area contributed by atoms with Crippen molar-refractivity contribution in [3.8, 4) is 0 Å². The van der Waals surface area contributed by atoms with Gasteiger partial charge in [-0.1, -0.05) is 13.8 Å². The van der Waals surface area contributed by atoms with E-state index >= 15 is 0 Å². The third kappa shape index (κ3) is 2.27. The van der Waals surface area contributed by atoms with Crippen LogP contribution < -0.4 is 5.32 Å². The minimum atomic E-state index is -0.0302. The first-order valence-corrected chi connectivity index (χ1v) is 6.57. The molecule has 2 unspecified atom stereocenters. The summed E-state index contributed by atoms with van der Waals surface area (Å²) in [6.45, 7) is 8.50. The van der Waals surface area contributed by atoms with E-state index in [0.29, 0.717) is 18.1 Å². The van der Waals surface area contributed by atoms with E-state index in [1.165, 1.54) is 0 Å². The van der Waals surface area contributed by atoms with E-state index in [9.17, 15) is 5.11 Å². The van der Waals surface area contributed by atoms with Crippen LogP contribution in [0.25, 0.3) is 0 Å². The molecule has 0 aromatic heterocycles. The Balaban J connectivity index is 1.68. The molecule has 3 heteroatoms. The second-order valence-corrected chi connectivity index (χ2v) is 5.95. The van der Waals surface area contributed by atoms with Crippen LogP contribution in [-0.2, 0) is 4.74 Å². The van der Waals surface area contributed by atoms with Gasteiger partial charge in [-0.05, 0) is 38.6 Å². The Morgan fingerprint density at radius 1 is 1.31 bits per heavy atom. The van der Waals surface area contributed by atoms with Gasteiger partial charge in [0.05, 0.1) is 12.2 Å². The molecule has 0 radical (unpaired) electrons. The van der Waals surface area contributed by atoms with Crippen LogP contribution >= 0.6 is 0 Å². The molecule has 0 spiro atoms. The van der Waals surface area contributed by atoms with Crippen molar-refractivity contribution in [2.45, 2.75) is 58.3 Å². The number of aliphatic hydroxyl groups is 1. The fourth-order valence-corrected chi connectivity index (χ4v) is 2.89. The molecule has 0 amide bonds. The van der Waals surface area contributed by atoms with Crippen LogP contribution in [0, 0.1) is 11.3 Å². The summed E-state index contributed by atoms with van der Waals surface area (Å²) in [6, 6.07) is 0.585. The van der Waals surface area contributed by atoms with Crippen LogP contribution in [0.15, 0.2) is 0 Å². The summed E-state index contributed by atoms with van der Waals surface area (Å²) < 4.78 is 5.71. The zero-order chi connectivity index (χ0) is 11.8. The number of nitrogens with one attached hydrogen (secondary N) is 1. The van der Waals surface area contributed by atoms with E-state index in [-0.39, 0.29) is 11.5 Å². The molecule has 16 heavy (non-hydrogen) atoms. The van der Waals surface area contributed by atoms with Gasteiger partial charge >= 0.3 is 0 Å². The van der Waals surface area contributed by atoms with Crippen molar-refractivity contribution < 1.29 is 9.84 Å². The summed E-state index contributed by atoms with van der Waals surface area (Å²) in [7, 11) is 0. The lowest BCUT2D eigenvalue weighted by Gasteiger charge is -2.52.